The van der Waals surface area contributed by atoms with Crippen molar-refractivity contribution in [1.29, 1.82) is 0 Å². The van der Waals surface area contributed by atoms with Gasteiger partial charge in [-0.05, 0) is 40.0 Å². The summed E-state index contributed by atoms with van der Waals surface area (Å²) in [6, 6.07) is 0.0864. The second-order valence-electron chi connectivity index (χ2n) is 6.57. The Balaban J connectivity index is 2.59. The van der Waals surface area contributed by atoms with E-state index in [2.05, 4.69) is 13.8 Å². The maximum atomic E-state index is 12.1. The van der Waals surface area contributed by atoms with Crippen molar-refractivity contribution < 1.29 is 14.3 Å². The van der Waals surface area contributed by atoms with Crippen LogP contribution < -0.4 is 0 Å². The molecule has 106 valence electrons. The molecule has 0 spiro atoms. The Morgan fingerprint density at radius 1 is 1.44 bits per heavy atom. The Kier molecular flexibility index (Phi) is 5.02. The molecule has 0 aromatic rings. The van der Waals surface area contributed by atoms with Crippen LogP contribution in [0.2, 0.25) is 0 Å². The highest BCUT2D eigenvalue weighted by Crippen LogP contribution is 2.20. The first kappa shape index (κ1) is 15.3. The number of carbonyl (C=O) groups excluding carboxylic acids is 1. The summed E-state index contributed by atoms with van der Waals surface area (Å²) in [4.78, 5) is 13.9. The zero-order chi connectivity index (χ0) is 13.9. The third kappa shape index (κ3) is 4.84. The Hall–Kier alpha value is -0.770. The first-order valence-electron chi connectivity index (χ1n) is 6.80. The van der Waals surface area contributed by atoms with Gasteiger partial charge in [0.15, 0.2) is 0 Å². The molecule has 2 atom stereocenters. The summed E-state index contributed by atoms with van der Waals surface area (Å²) in [6.07, 6.45) is 0.882. The average molecular weight is 257 g/mol. The molecule has 1 fully saturated rings. The number of carbonyl (C=O) groups is 1. The standard InChI is InChI=1S/C14H27NO3/c1-10(2)7-12-8-15(11(3)9-17-12)13(16)18-14(4,5)6/h10-12H,7-9H2,1-6H3. The highest BCUT2D eigenvalue weighted by atomic mass is 16.6. The number of ether oxygens (including phenoxy) is 2. The predicted octanol–water partition coefficient (Wildman–Crippen LogP) is 3.06. The van der Waals surface area contributed by atoms with E-state index in [-0.39, 0.29) is 18.2 Å². The van der Waals surface area contributed by atoms with Crippen molar-refractivity contribution in [2.75, 3.05) is 13.2 Å². The van der Waals surface area contributed by atoms with Crippen LogP contribution in [0, 0.1) is 5.92 Å². The van der Waals surface area contributed by atoms with Crippen molar-refractivity contribution in [3.05, 3.63) is 0 Å². The minimum Gasteiger partial charge on any atom is -0.444 e. The van der Waals surface area contributed by atoms with Gasteiger partial charge >= 0.3 is 6.09 Å². The molecule has 4 nitrogen and oxygen atoms in total. The molecule has 0 saturated carbocycles. The van der Waals surface area contributed by atoms with E-state index in [0.29, 0.717) is 19.1 Å². The third-order valence-electron chi connectivity index (χ3n) is 2.87. The van der Waals surface area contributed by atoms with E-state index in [1.54, 1.807) is 4.90 Å². The van der Waals surface area contributed by atoms with Gasteiger partial charge in [-0.2, -0.15) is 0 Å². The van der Waals surface area contributed by atoms with Gasteiger partial charge in [0.2, 0.25) is 0 Å². The molecule has 2 unspecified atom stereocenters. The van der Waals surface area contributed by atoms with Crippen molar-refractivity contribution >= 4 is 6.09 Å². The van der Waals surface area contributed by atoms with Gasteiger partial charge < -0.3 is 14.4 Å². The largest absolute Gasteiger partial charge is 0.444 e. The zero-order valence-electron chi connectivity index (χ0n) is 12.5. The normalized spacial score (nSPS) is 25.4. The SMILES string of the molecule is CC(C)CC1CN(C(=O)OC(C)(C)C)C(C)CO1. The Labute approximate surface area is 111 Å². The molecule has 0 bridgehead atoms. The van der Waals surface area contributed by atoms with Crippen LogP contribution in [-0.4, -0.2) is 41.9 Å². The molecule has 0 N–H and O–H groups in total. The highest BCUT2D eigenvalue weighted by Gasteiger charge is 2.32. The maximum Gasteiger partial charge on any atom is 0.410 e. The summed E-state index contributed by atoms with van der Waals surface area (Å²) < 4.78 is 11.2. The molecular weight excluding hydrogens is 230 g/mol. The molecule has 0 aromatic heterocycles. The van der Waals surface area contributed by atoms with Gasteiger partial charge in [-0.1, -0.05) is 13.8 Å². The Morgan fingerprint density at radius 3 is 2.56 bits per heavy atom. The fourth-order valence-corrected chi connectivity index (χ4v) is 2.06. The minimum atomic E-state index is -0.442. The van der Waals surface area contributed by atoms with Crippen LogP contribution in [0.1, 0.15) is 48.0 Å². The van der Waals surface area contributed by atoms with Gasteiger partial charge in [-0.25, -0.2) is 4.79 Å². The summed E-state index contributed by atoms with van der Waals surface area (Å²) in [5.41, 5.74) is -0.442. The average Bonchev–Trinajstić information content (AvgIpc) is 2.17. The first-order valence-corrected chi connectivity index (χ1v) is 6.80. The summed E-state index contributed by atoms with van der Waals surface area (Å²) in [6.45, 7) is 13.2. The van der Waals surface area contributed by atoms with Gasteiger partial charge in [0.05, 0.1) is 25.3 Å². The second-order valence-corrected chi connectivity index (χ2v) is 6.57. The van der Waals surface area contributed by atoms with E-state index < -0.39 is 5.60 Å². The predicted molar refractivity (Wildman–Crippen MR) is 71.6 cm³/mol. The molecule has 18 heavy (non-hydrogen) atoms. The van der Waals surface area contributed by atoms with Gasteiger partial charge in [0.1, 0.15) is 5.60 Å². The van der Waals surface area contributed by atoms with Gasteiger partial charge in [0.25, 0.3) is 0 Å². The Bertz CT molecular complexity index is 283. The van der Waals surface area contributed by atoms with E-state index in [4.69, 9.17) is 9.47 Å². The number of rotatable bonds is 2. The fourth-order valence-electron chi connectivity index (χ4n) is 2.06. The van der Waals surface area contributed by atoms with E-state index in [1.165, 1.54) is 0 Å². The van der Waals surface area contributed by atoms with E-state index in [1.807, 2.05) is 27.7 Å². The van der Waals surface area contributed by atoms with Crippen molar-refractivity contribution in [2.24, 2.45) is 5.92 Å². The molecule has 4 heteroatoms. The van der Waals surface area contributed by atoms with E-state index >= 15 is 0 Å². The van der Waals surface area contributed by atoms with E-state index in [9.17, 15) is 4.79 Å². The van der Waals surface area contributed by atoms with Crippen LogP contribution in [0.4, 0.5) is 4.79 Å². The van der Waals surface area contributed by atoms with Gasteiger partial charge in [-0.3, -0.25) is 0 Å². The maximum absolute atomic E-state index is 12.1. The summed E-state index contributed by atoms with van der Waals surface area (Å²) in [5, 5.41) is 0. The molecule has 1 amide bonds. The van der Waals surface area contributed by atoms with Gasteiger partial charge in [0, 0.05) is 0 Å². The lowest BCUT2D eigenvalue weighted by atomic mass is 10.0. The van der Waals surface area contributed by atoms with Crippen LogP contribution in [0.25, 0.3) is 0 Å². The molecule has 1 aliphatic rings. The summed E-state index contributed by atoms with van der Waals surface area (Å²) in [7, 11) is 0. The van der Waals surface area contributed by atoms with Gasteiger partial charge in [-0.15, -0.1) is 0 Å². The minimum absolute atomic E-state index is 0.0864. The molecule has 1 aliphatic heterocycles. The molecule has 0 aliphatic carbocycles. The number of nitrogens with zero attached hydrogens (tertiary/aromatic N) is 1. The van der Waals surface area contributed by atoms with Crippen LogP contribution >= 0.6 is 0 Å². The fraction of sp³-hybridized carbons (Fsp3) is 0.929. The third-order valence-corrected chi connectivity index (χ3v) is 2.87. The summed E-state index contributed by atoms with van der Waals surface area (Å²) >= 11 is 0. The second kappa shape index (κ2) is 5.91. The number of morpholine rings is 1. The number of hydrogen-bond donors (Lipinski definition) is 0. The van der Waals surface area contributed by atoms with Crippen molar-refractivity contribution in [2.45, 2.75) is 65.7 Å². The topological polar surface area (TPSA) is 38.8 Å². The van der Waals surface area contributed by atoms with Crippen molar-refractivity contribution in [3.63, 3.8) is 0 Å². The highest BCUT2D eigenvalue weighted by molar-refractivity contribution is 5.68. The van der Waals surface area contributed by atoms with E-state index in [0.717, 1.165) is 6.42 Å². The number of hydrogen-bond acceptors (Lipinski definition) is 3. The molecule has 1 rings (SSSR count). The summed E-state index contributed by atoms with van der Waals surface area (Å²) in [5.74, 6) is 0.573. The molecule has 0 aromatic carbocycles. The van der Waals surface area contributed by atoms with Crippen LogP contribution in [0.15, 0.2) is 0 Å². The Morgan fingerprint density at radius 2 is 2.06 bits per heavy atom. The van der Waals surface area contributed by atoms with Crippen LogP contribution in [0.3, 0.4) is 0 Å². The van der Waals surface area contributed by atoms with Crippen LogP contribution in [0.5, 0.6) is 0 Å². The lowest BCUT2D eigenvalue weighted by molar-refractivity contribution is -0.0710. The molecule has 1 saturated heterocycles. The quantitative estimate of drug-likeness (QED) is 0.763. The van der Waals surface area contributed by atoms with Crippen molar-refractivity contribution in [1.82, 2.24) is 4.90 Å². The monoisotopic (exact) mass is 257 g/mol. The first-order chi connectivity index (χ1) is 8.19. The lowest BCUT2D eigenvalue weighted by Gasteiger charge is -2.39. The molecule has 0 radical (unpaired) electrons. The smallest absolute Gasteiger partial charge is 0.410 e. The zero-order valence-corrected chi connectivity index (χ0v) is 12.5. The van der Waals surface area contributed by atoms with Crippen molar-refractivity contribution in [3.8, 4) is 0 Å². The number of amides is 1. The van der Waals surface area contributed by atoms with Crippen LogP contribution in [-0.2, 0) is 9.47 Å². The molecule has 1 heterocycles. The lowest BCUT2D eigenvalue weighted by Crippen LogP contribution is -2.52. The molecular formula is C14H27NO3.